The number of para-hydroxylation sites is 1. The zero-order valence-corrected chi connectivity index (χ0v) is 8.55. The Morgan fingerprint density at radius 1 is 1.47 bits per heavy atom. The van der Waals surface area contributed by atoms with Crippen molar-refractivity contribution in [2.24, 2.45) is 0 Å². The third-order valence-corrected chi connectivity index (χ3v) is 2.35. The van der Waals surface area contributed by atoms with Crippen molar-refractivity contribution in [3.8, 4) is 5.75 Å². The zero-order valence-electron chi connectivity index (χ0n) is 8.55. The highest BCUT2D eigenvalue weighted by Gasteiger charge is 2.28. The monoisotopic (exact) mass is 210 g/mol. The molecule has 0 spiro atoms. The van der Waals surface area contributed by atoms with E-state index < -0.39 is 6.29 Å². The minimum Gasteiger partial charge on any atom is -0.496 e. The Bertz CT molecular complexity index is 326. The number of benzene rings is 1. The number of methoxy groups -OCH3 is 1. The van der Waals surface area contributed by atoms with Crippen LogP contribution in [0.15, 0.2) is 24.3 Å². The van der Waals surface area contributed by atoms with Crippen molar-refractivity contribution >= 4 is 0 Å². The topological polar surface area (TPSA) is 47.9 Å². The van der Waals surface area contributed by atoms with Crippen molar-refractivity contribution in [3.63, 3.8) is 0 Å². The predicted octanol–water partition coefficient (Wildman–Crippen LogP) is 1.10. The van der Waals surface area contributed by atoms with Gasteiger partial charge in [-0.15, -0.1) is 0 Å². The van der Waals surface area contributed by atoms with Crippen LogP contribution >= 0.6 is 0 Å². The van der Waals surface area contributed by atoms with Gasteiger partial charge >= 0.3 is 0 Å². The van der Waals surface area contributed by atoms with Crippen molar-refractivity contribution in [3.05, 3.63) is 29.8 Å². The molecule has 1 aliphatic heterocycles. The van der Waals surface area contributed by atoms with E-state index in [4.69, 9.17) is 19.3 Å². The summed E-state index contributed by atoms with van der Waals surface area (Å²) in [5.41, 5.74) is 0.857. The molecule has 1 saturated heterocycles. The summed E-state index contributed by atoms with van der Waals surface area (Å²) in [5.74, 6) is 0.737. The average molecular weight is 210 g/mol. The number of aliphatic hydroxyl groups excluding tert-OH is 1. The first-order valence-electron chi connectivity index (χ1n) is 4.86. The van der Waals surface area contributed by atoms with E-state index in [9.17, 15) is 0 Å². The molecule has 0 saturated carbocycles. The predicted molar refractivity (Wildman–Crippen MR) is 53.6 cm³/mol. The minimum atomic E-state index is -0.432. The molecule has 82 valence electrons. The Labute approximate surface area is 88.4 Å². The van der Waals surface area contributed by atoms with Gasteiger partial charge in [0.05, 0.1) is 20.3 Å². The van der Waals surface area contributed by atoms with E-state index in [0.29, 0.717) is 6.61 Å². The van der Waals surface area contributed by atoms with Gasteiger partial charge in [-0.05, 0) is 6.07 Å². The van der Waals surface area contributed by atoms with Crippen LogP contribution in [0.5, 0.6) is 5.75 Å². The smallest absolute Gasteiger partial charge is 0.188 e. The van der Waals surface area contributed by atoms with E-state index in [-0.39, 0.29) is 12.7 Å². The van der Waals surface area contributed by atoms with Gasteiger partial charge < -0.3 is 19.3 Å². The third kappa shape index (κ3) is 2.12. The SMILES string of the molecule is COc1ccccc1[C@@H]1OC[C@@H](CO)O1. The molecule has 1 aromatic carbocycles. The van der Waals surface area contributed by atoms with Crippen LogP contribution in [0.2, 0.25) is 0 Å². The maximum Gasteiger partial charge on any atom is 0.188 e. The first-order chi connectivity index (χ1) is 7.35. The normalized spacial score (nSPS) is 25.5. The summed E-state index contributed by atoms with van der Waals surface area (Å²) < 4.78 is 16.1. The Balaban J connectivity index is 2.16. The fourth-order valence-electron chi connectivity index (χ4n) is 1.57. The molecule has 0 aromatic heterocycles. The third-order valence-electron chi connectivity index (χ3n) is 2.35. The first kappa shape index (κ1) is 10.4. The van der Waals surface area contributed by atoms with E-state index in [2.05, 4.69) is 0 Å². The second kappa shape index (κ2) is 4.61. The Morgan fingerprint density at radius 2 is 2.27 bits per heavy atom. The minimum absolute atomic E-state index is 0.0222. The number of ether oxygens (including phenoxy) is 3. The van der Waals surface area contributed by atoms with Crippen molar-refractivity contribution in [1.82, 2.24) is 0 Å². The number of hydrogen-bond acceptors (Lipinski definition) is 4. The highest BCUT2D eigenvalue weighted by Crippen LogP contribution is 2.32. The Kier molecular flexibility index (Phi) is 3.20. The first-order valence-corrected chi connectivity index (χ1v) is 4.86. The molecule has 2 atom stereocenters. The van der Waals surface area contributed by atoms with Crippen LogP contribution in [0.4, 0.5) is 0 Å². The van der Waals surface area contributed by atoms with Crippen molar-refractivity contribution in [2.45, 2.75) is 12.4 Å². The molecule has 4 nitrogen and oxygen atoms in total. The van der Waals surface area contributed by atoms with Gasteiger partial charge in [-0.1, -0.05) is 18.2 Å². The maximum absolute atomic E-state index is 8.92. The summed E-state index contributed by atoms with van der Waals surface area (Å²) in [6.07, 6.45) is -0.668. The molecule has 0 radical (unpaired) electrons. The molecule has 1 heterocycles. The van der Waals surface area contributed by atoms with Gasteiger partial charge in [-0.2, -0.15) is 0 Å². The van der Waals surface area contributed by atoms with Gasteiger partial charge in [0, 0.05) is 5.56 Å². The van der Waals surface area contributed by atoms with Gasteiger partial charge in [0.1, 0.15) is 11.9 Å². The van der Waals surface area contributed by atoms with Crippen LogP contribution in [-0.4, -0.2) is 31.5 Å². The van der Waals surface area contributed by atoms with Crippen LogP contribution in [0.25, 0.3) is 0 Å². The van der Waals surface area contributed by atoms with Crippen molar-refractivity contribution in [1.29, 1.82) is 0 Å². The van der Waals surface area contributed by atoms with Crippen molar-refractivity contribution in [2.75, 3.05) is 20.3 Å². The highest BCUT2D eigenvalue weighted by molar-refractivity contribution is 5.34. The summed E-state index contributed by atoms with van der Waals surface area (Å²) in [6.45, 7) is 0.394. The summed E-state index contributed by atoms with van der Waals surface area (Å²) in [4.78, 5) is 0. The lowest BCUT2D eigenvalue weighted by Gasteiger charge is -2.13. The van der Waals surface area contributed by atoms with E-state index in [1.165, 1.54) is 0 Å². The number of aliphatic hydroxyl groups is 1. The van der Waals surface area contributed by atoms with E-state index in [1.807, 2.05) is 24.3 Å². The quantitative estimate of drug-likeness (QED) is 0.811. The maximum atomic E-state index is 8.92. The van der Waals surface area contributed by atoms with Gasteiger partial charge in [0.15, 0.2) is 6.29 Å². The second-order valence-corrected chi connectivity index (χ2v) is 3.35. The largest absolute Gasteiger partial charge is 0.496 e. The number of hydrogen-bond donors (Lipinski definition) is 1. The van der Waals surface area contributed by atoms with E-state index in [0.717, 1.165) is 11.3 Å². The van der Waals surface area contributed by atoms with Gasteiger partial charge in [0.25, 0.3) is 0 Å². The molecule has 0 bridgehead atoms. The van der Waals surface area contributed by atoms with E-state index >= 15 is 0 Å². The van der Waals surface area contributed by atoms with Crippen LogP contribution < -0.4 is 4.74 Å². The molecule has 15 heavy (non-hydrogen) atoms. The molecule has 1 aliphatic rings. The fourth-order valence-corrected chi connectivity index (χ4v) is 1.57. The molecule has 4 heteroatoms. The van der Waals surface area contributed by atoms with Crippen LogP contribution in [0, 0.1) is 0 Å². The van der Waals surface area contributed by atoms with Crippen LogP contribution in [0.3, 0.4) is 0 Å². The fraction of sp³-hybridized carbons (Fsp3) is 0.455. The summed E-state index contributed by atoms with van der Waals surface area (Å²) in [7, 11) is 1.61. The average Bonchev–Trinajstić information content (AvgIpc) is 2.77. The molecule has 2 rings (SSSR count). The molecule has 0 amide bonds. The Hall–Kier alpha value is -1.10. The standard InChI is InChI=1S/C11H14O4/c1-13-10-5-3-2-4-9(10)11-14-7-8(6-12)15-11/h2-5,8,11-12H,6-7H2,1H3/t8-,11-/m1/s1. The molecular weight excluding hydrogens is 196 g/mol. The van der Waals surface area contributed by atoms with Gasteiger partial charge in [-0.3, -0.25) is 0 Å². The molecule has 1 aromatic rings. The zero-order chi connectivity index (χ0) is 10.7. The molecule has 1 fully saturated rings. The summed E-state index contributed by atoms with van der Waals surface area (Å²) in [6, 6.07) is 7.54. The Morgan fingerprint density at radius 3 is 2.93 bits per heavy atom. The van der Waals surface area contributed by atoms with Crippen molar-refractivity contribution < 1.29 is 19.3 Å². The lowest BCUT2D eigenvalue weighted by Crippen LogP contribution is -2.14. The number of rotatable bonds is 3. The van der Waals surface area contributed by atoms with Crippen LogP contribution in [0.1, 0.15) is 11.9 Å². The highest BCUT2D eigenvalue weighted by atomic mass is 16.7. The van der Waals surface area contributed by atoms with Gasteiger partial charge in [-0.25, -0.2) is 0 Å². The lowest BCUT2D eigenvalue weighted by molar-refractivity contribution is -0.0686. The lowest BCUT2D eigenvalue weighted by atomic mass is 10.2. The molecular formula is C11H14O4. The summed E-state index contributed by atoms with van der Waals surface area (Å²) in [5, 5.41) is 8.92. The molecule has 1 N–H and O–H groups in total. The molecule has 0 aliphatic carbocycles. The van der Waals surface area contributed by atoms with E-state index in [1.54, 1.807) is 7.11 Å². The van der Waals surface area contributed by atoms with Gasteiger partial charge in [0.2, 0.25) is 0 Å². The van der Waals surface area contributed by atoms with Crippen LogP contribution in [-0.2, 0) is 9.47 Å². The molecule has 0 unspecified atom stereocenters. The summed E-state index contributed by atoms with van der Waals surface area (Å²) >= 11 is 0. The second-order valence-electron chi connectivity index (χ2n) is 3.35.